The number of nitrogens with zero attached hydrogens (tertiary/aromatic N) is 2. The Hall–Kier alpha value is -1.80. The van der Waals surface area contributed by atoms with E-state index in [4.69, 9.17) is 4.74 Å². The van der Waals surface area contributed by atoms with Gasteiger partial charge in [0.25, 0.3) is 0 Å². The van der Waals surface area contributed by atoms with Crippen molar-refractivity contribution in [3.63, 3.8) is 0 Å². The lowest BCUT2D eigenvalue weighted by Gasteiger charge is -2.30. The second kappa shape index (κ2) is 11.4. The number of hydrogen-bond donors (Lipinski definition) is 1. The molecule has 8 heteroatoms. The number of nitrogens with one attached hydrogen (secondary N) is 1. The molecule has 2 rings (SSSR count). The number of sulfonamides is 1. The molecule has 0 saturated carbocycles. The largest absolute Gasteiger partial charge is 0.494 e. The first-order chi connectivity index (χ1) is 13.8. The number of carbonyl (C=O) groups excluding carboxylic acids is 1. The van der Waals surface area contributed by atoms with Gasteiger partial charge in [-0.2, -0.15) is 0 Å². The first-order valence-electron chi connectivity index (χ1n) is 10.5. The van der Waals surface area contributed by atoms with Crippen LogP contribution >= 0.6 is 0 Å². The van der Waals surface area contributed by atoms with Crippen molar-refractivity contribution in [3.8, 4) is 5.75 Å². The van der Waals surface area contributed by atoms with Crippen LogP contribution in [0.3, 0.4) is 0 Å². The van der Waals surface area contributed by atoms with Gasteiger partial charge in [0.2, 0.25) is 15.9 Å². The SMILES string of the molecule is CCCOc1ccc(N(CC(=O)NCCCN2CCC(C)CC2)S(C)(=O)=O)cc1. The first kappa shape index (κ1) is 23.5. The molecular formula is C21H35N3O4S. The third kappa shape index (κ3) is 8.22. The Balaban J connectivity index is 1.82. The van der Waals surface area contributed by atoms with Crippen LogP contribution in [-0.4, -0.2) is 64.8 Å². The molecule has 0 unspecified atom stereocenters. The molecule has 0 bridgehead atoms. The summed E-state index contributed by atoms with van der Waals surface area (Å²) in [6, 6.07) is 6.77. The molecule has 0 spiro atoms. The predicted molar refractivity (Wildman–Crippen MR) is 117 cm³/mol. The van der Waals surface area contributed by atoms with Crippen LogP contribution in [0.25, 0.3) is 0 Å². The summed E-state index contributed by atoms with van der Waals surface area (Å²) in [5.74, 6) is 1.19. The van der Waals surface area contributed by atoms with E-state index >= 15 is 0 Å². The maximum absolute atomic E-state index is 12.3. The first-order valence-corrected chi connectivity index (χ1v) is 12.3. The molecule has 0 radical (unpaired) electrons. The number of amides is 1. The van der Waals surface area contributed by atoms with Gasteiger partial charge in [-0.1, -0.05) is 13.8 Å². The molecule has 164 valence electrons. The second-order valence-corrected chi connectivity index (χ2v) is 9.75. The molecule has 7 nitrogen and oxygen atoms in total. The summed E-state index contributed by atoms with van der Waals surface area (Å²) in [5, 5.41) is 2.85. The number of rotatable bonds is 11. The van der Waals surface area contributed by atoms with E-state index in [2.05, 4.69) is 17.1 Å². The maximum atomic E-state index is 12.3. The van der Waals surface area contributed by atoms with Gasteiger partial charge in [0.15, 0.2) is 0 Å². The van der Waals surface area contributed by atoms with Crippen molar-refractivity contribution < 1.29 is 17.9 Å². The Kier molecular flexibility index (Phi) is 9.23. The van der Waals surface area contributed by atoms with Crippen LogP contribution in [0.4, 0.5) is 5.69 Å². The molecule has 1 heterocycles. The number of piperidine rings is 1. The minimum atomic E-state index is -3.57. The number of ether oxygens (including phenoxy) is 1. The highest BCUT2D eigenvalue weighted by atomic mass is 32.2. The van der Waals surface area contributed by atoms with Gasteiger partial charge in [-0.25, -0.2) is 8.42 Å². The molecule has 0 atom stereocenters. The average molecular weight is 426 g/mol. The molecule has 1 aliphatic heterocycles. The Morgan fingerprint density at radius 2 is 1.90 bits per heavy atom. The van der Waals surface area contributed by atoms with Crippen molar-refractivity contribution in [2.75, 3.05) is 49.9 Å². The lowest BCUT2D eigenvalue weighted by Crippen LogP contribution is -2.41. The molecule has 0 aromatic heterocycles. The van der Waals surface area contributed by atoms with Gasteiger partial charge in [0.1, 0.15) is 12.3 Å². The Labute approximate surface area is 175 Å². The Morgan fingerprint density at radius 3 is 2.48 bits per heavy atom. The van der Waals surface area contributed by atoms with Crippen LogP contribution in [-0.2, 0) is 14.8 Å². The molecule has 29 heavy (non-hydrogen) atoms. The van der Waals surface area contributed by atoms with Crippen molar-refractivity contribution in [1.82, 2.24) is 10.2 Å². The molecule has 1 aliphatic rings. The predicted octanol–water partition coefficient (Wildman–Crippen LogP) is 2.48. The van der Waals surface area contributed by atoms with Crippen LogP contribution < -0.4 is 14.4 Å². The molecule has 1 amide bonds. The van der Waals surface area contributed by atoms with Crippen LogP contribution in [0.5, 0.6) is 5.75 Å². The summed E-state index contributed by atoms with van der Waals surface area (Å²) < 4.78 is 31.0. The molecular weight excluding hydrogens is 390 g/mol. The van der Waals surface area contributed by atoms with E-state index in [0.29, 0.717) is 24.6 Å². The number of anilines is 1. The lowest BCUT2D eigenvalue weighted by molar-refractivity contribution is -0.119. The van der Waals surface area contributed by atoms with Crippen molar-refractivity contribution in [3.05, 3.63) is 24.3 Å². The highest BCUT2D eigenvalue weighted by molar-refractivity contribution is 7.92. The third-order valence-electron chi connectivity index (χ3n) is 5.13. The van der Waals surface area contributed by atoms with Gasteiger partial charge in [-0.15, -0.1) is 0 Å². The standard InChI is InChI=1S/C21H35N3O4S/c1-4-16-28-20-8-6-19(7-9-20)24(29(3,26)27)17-21(25)22-12-5-13-23-14-10-18(2)11-15-23/h6-9,18H,4-5,10-17H2,1-3H3,(H,22,25). The van der Waals surface area contributed by atoms with E-state index in [1.807, 2.05) is 6.92 Å². The fraction of sp³-hybridized carbons (Fsp3) is 0.667. The molecule has 1 aromatic carbocycles. The zero-order chi connectivity index (χ0) is 21.3. The number of hydrogen-bond acceptors (Lipinski definition) is 5. The van der Waals surface area contributed by atoms with Crippen LogP contribution in [0.2, 0.25) is 0 Å². The van der Waals surface area contributed by atoms with Gasteiger partial charge in [-0.05, 0) is 75.5 Å². The fourth-order valence-electron chi connectivity index (χ4n) is 3.33. The van der Waals surface area contributed by atoms with Gasteiger partial charge < -0.3 is 15.0 Å². The highest BCUT2D eigenvalue weighted by Gasteiger charge is 2.21. The fourth-order valence-corrected chi connectivity index (χ4v) is 4.19. The summed E-state index contributed by atoms with van der Waals surface area (Å²) in [4.78, 5) is 14.7. The van der Waals surface area contributed by atoms with E-state index < -0.39 is 10.0 Å². The van der Waals surface area contributed by atoms with Crippen molar-refractivity contribution in [2.45, 2.75) is 39.5 Å². The summed E-state index contributed by atoms with van der Waals surface area (Å²) in [5.41, 5.74) is 0.453. The molecule has 0 aliphatic carbocycles. The highest BCUT2D eigenvalue weighted by Crippen LogP contribution is 2.21. The minimum absolute atomic E-state index is 0.227. The molecule has 1 aromatic rings. The Morgan fingerprint density at radius 1 is 1.24 bits per heavy atom. The maximum Gasteiger partial charge on any atom is 0.240 e. The zero-order valence-corrected chi connectivity index (χ0v) is 18.7. The van der Waals surface area contributed by atoms with Gasteiger partial charge in [0, 0.05) is 6.54 Å². The average Bonchev–Trinajstić information content (AvgIpc) is 2.69. The summed E-state index contributed by atoms with van der Waals surface area (Å²) in [7, 11) is -3.57. The lowest BCUT2D eigenvalue weighted by atomic mass is 9.99. The van der Waals surface area contributed by atoms with Crippen molar-refractivity contribution in [1.29, 1.82) is 0 Å². The number of carbonyl (C=O) groups is 1. The van der Waals surface area contributed by atoms with E-state index in [1.165, 1.54) is 12.8 Å². The van der Waals surface area contributed by atoms with E-state index in [0.717, 1.165) is 49.0 Å². The second-order valence-electron chi connectivity index (χ2n) is 7.84. The smallest absolute Gasteiger partial charge is 0.240 e. The summed E-state index contributed by atoms with van der Waals surface area (Å²) in [6.07, 6.45) is 5.34. The van der Waals surface area contributed by atoms with E-state index in [9.17, 15) is 13.2 Å². The zero-order valence-electron chi connectivity index (χ0n) is 17.9. The normalized spacial score (nSPS) is 15.8. The molecule has 1 fully saturated rings. The van der Waals surface area contributed by atoms with Crippen molar-refractivity contribution >= 4 is 21.6 Å². The van der Waals surface area contributed by atoms with Gasteiger partial charge >= 0.3 is 0 Å². The third-order valence-corrected chi connectivity index (χ3v) is 6.28. The summed E-state index contributed by atoms with van der Waals surface area (Å²) >= 11 is 0. The van der Waals surface area contributed by atoms with Crippen LogP contribution in [0.1, 0.15) is 39.5 Å². The quantitative estimate of drug-likeness (QED) is 0.551. The van der Waals surface area contributed by atoms with Gasteiger partial charge in [-0.3, -0.25) is 9.10 Å². The number of likely N-dealkylation sites (tertiary alicyclic amines) is 1. The van der Waals surface area contributed by atoms with Crippen LogP contribution in [0.15, 0.2) is 24.3 Å². The number of benzene rings is 1. The monoisotopic (exact) mass is 425 g/mol. The van der Waals surface area contributed by atoms with E-state index in [1.54, 1.807) is 24.3 Å². The van der Waals surface area contributed by atoms with Crippen LogP contribution in [0, 0.1) is 5.92 Å². The molecule has 1 saturated heterocycles. The molecule has 1 N–H and O–H groups in total. The van der Waals surface area contributed by atoms with E-state index in [-0.39, 0.29) is 12.5 Å². The van der Waals surface area contributed by atoms with Crippen molar-refractivity contribution in [2.24, 2.45) is 5.92 Å². The summed E-state index contributed by atoms with van der Waals surface area (Å²) in [6.45, 7) is 8.43. The topological polar surface area (TPSA) is 79.0 Å². The minimum Gasteiger partial charge on any atom is -0.494 e. The Bertz CT molecular complexity index is 729. The van der Waals surface area contributed by atoms with Gasteiger partial charge in [0.05, 0.1) is 18.6 Å².